The summed E-state index contributed by atoms with van der Waals surface area (Å²) in [7, 11) is 2.23. The number of aliphatic imine (C=N–C) groups is 1. The minimum absolute atomic E-state index is 0.779. The number of hydrogen-bond acceptors (Lipinski definition) is 2. The average molecular weight is 309 g/mol. The van der Waals surface area contributed by atoms with Crippen LogP contribution in [0, 0.1) is 17.8 Å². The van der Waals surface area contributed by atoms with Gasteiger partial charge in [0.05, 0.1) is 0 Å². The highest BCUT2D eigenvalue weighted by Gasteiger charge is 2.24. The molecule has 0 aromatic heterocycles. The number of likely N-dealkylation sites (tertiary alicyclic amines) is 2. The Morgan fingerprint density at radius 1 is 1.14 bits per heavy atom. The average Bonchev–Trinajstić information content (AvgIpc) is 2.47. The molecule has 128 valence electrons. The zero-order chi connectivity index (χ0) is 15.9. The van der Waals surface area contributed by atoms with Crippen molar-refractivity contribution in [2.75, 3.05) is 46.3 Å². The highest BCUT2D eigenvalue weighted by Crippen LogP contribution is 2.22. The first-order valence-electron chi connectivity index (χ1n) is 9.30. The number of hydrogen-bond donors (Lipinski definition) is 1. The van der Waals surface area contributed by atoms with Gasteiger partial charge >= 0.3 is 0 Å². The van der Waals surface area contributed by atoms with Crippen LogP contribution in [0.4, 0.5) is 0 Å². The predicted octanol–water partition coefficient (Wildman–Crippen LogP) is 2.66. The molecule has 4 heteroatoms. The largest absolute Gasteiger partial charge is 0.357 e. The zero-order valence-corrected chi connectivity index (χ0v) is 15.1. The summed E-state index contributed by atoms with van der Waals surface area (Å²) in [6.45, 7) is 13.7. The van der Waals surface area contributed by atoms with E-state index in [0.717, 1.165) is 49.9 Å². The van der Waals surface area contributed by atoms with Crippen LogP contribution >= 0.6 is 0 Å². The fraction of sp³-hybridized carbons (Fsp3) is 0.944. The Morgan fingerprint density at radius 2 is 1.77 bits per heavy atom. The number of rotatable bonds is 4. The molecule has 2 fully saturated rings. The van der Waals surface area contributed by atoms with Crippen LogP contribution in [0.3, 0.4) is 0 Å². The molecule has 2 saturated heterocycles. The summed E-state index contributed by atoms with van der Waals surface area (Å²) in [6, 6.07) is 0. The van der Waals surface area contributed by atoms with Crippen molar-refractivity contribution >= 4 is 5.96 Å². The first kappa shape index (κ1) is 17.6. The molecule has 4 nitrogen and oxygen atoms in total. The van der Waals surface area contributed by atoms with Crippen molar-refractivity contribution < 1.29 is 0 Å². The lowest BCUT2D eigenvalue weighted by molar-refractivity contribution is 0.206. The van der Waals surface area contributed by atoms with Gasteiger partial charge in [-0.2, -0.15) is 0 Å². The summed E-state index contributed by atoms with van der Waals surface area (Å²) < 4.78 is 0. The number of nitrogens with zero attached hydrogens (tertiary/aromatic N) is 3. The summed E-state index contributed by atoms with van der Waals surface area (Å²) in [4.78, 5) is 9.86. The fourth-order valence-electron chi connectivity index (χ4n) is 3.97. The Labute approximate surface area is 137 Å². The normalized spacial score (nSPS) is 28.9. The van der Waals surface area contributed by atoms with Crippen molar-refractivity contribution in [1.82, 2.24) is 15.1 Å². The summed E-state index contributed by atoms with van der Waals surface area (Å²) in [5, 5.41) is 3.51. The standard InChI is InChI=1S/C18H36N4/c1-5-19-18(22-13-15(2)12-16(3)14-22)20-9-6-17-7-10-21(4)11-8-17/h15-17H,5-14H2,1-4H3,(H,19,20). The van der Waals surface area contributed by atoms with E-state index >= 15 is 0 Å². The Morgan fingerprint density at radius 3 is 2.36 bits per heavy atom. The molecule has 0 bridgehead atoms. The van der Waals surface area contributed by atoms with Crippen LogP contribution in [0.15, 0.2) is 4.99 Å². The van der Waals surface area contributed by atoms with Gasteiger partial charge in [-0.05, 0) is 70.5 Å². The summed E-state index contributed by atoms with van der Waals surface area (Å²) in [5.41, 5.74) is 0. The van der Waals surface area contributed by atoms with Crippen molar-refractivity contribution in [2.24, 2.45) is 22.7 Å². The molecule has 0 aromatic rings. The zero-order valence-electron chi connectivity index (χ0n) is 15.1. The molecule has 1 N–H and O–H groups in total. The van der Waals surface area contributed by atoms with Crippen LogP contribution < -0.4 is 5.32 Å². The lowest BCUT2D eigenvalue weighted by Crippen LogP contribution is -2.48. The molecule has 0 amide bonds. The SMILES string of the molecule is CCNC(=NCCC1CCN(C)CC1)N1CC(C)CC(C)C1. The Balaban J connectivity index is 1.84. The van der Waals surface area contributed by atoms with E-state index in [-0.39, 0.29) is 0 Å². The molecule has 2 heterocycles. The molecule has 2 unspecified atom stereocenters. The number of guanidine groups is 1. The number of piperidine rings is 2. The van der Waals surface area contributed by atoms with Crippen LogP contribution in [0.25, 0.3) is 0 Å². The summed E-state index contributed by atoms with van der Waals surface area (Å²) in [6.07, 6.45) is 5.30. The molecular weight excluding hydrogens is 272 g/mol. The second-order valence-corrected chi connectivity index (χ2v) is 7.62. The van der Waals surface area contributed by atoms with Crippen molar-refractivity contribution in [2.45, 2.75) is 46.5 Å². The summed E-state index contributed by atoms with van der Waals surface area (Å²) >= 11 is 0. The van der Waals surface area contributed by atoms with Gasteiger partial charge in [0.25, 0.3) is 0 Å². The van der Waals surface area contributed by atoms with E-state index in [0.29, 0.717) is 0 Å². The quantitative estimate of drug-likeness (QED) is 0.640. The van der Waals surface area contributed by atoms with E-state index in [9.17, 15) is 0 Å². The van der Waals surface area contributed by atoms with E-state index in [1.54, 1.807) is 0 Å². The van der Waals surface area contributed by atoms with E-state index in [4.69, 9.17) is 4.99 Å². The van der Waals surface area contributed by atoms with Gasteiger partial charge in [-0.25, -0.2) is 0 Å². The van der Waals surface area contributed by atoms with Crippen LogP contribution in [-0.2, 0) is 0 Å². The monoisotopic (exact) mass is 308 g/mol. The molecule has 2 aliphatic heterocycles. The molecule has 0 radical (unpaired) electrons. The van der Waals surface area contributed by atoms with E-state index in [1.807, 2.05) is 0 Å². The Bertz CT molecular complexity index is 337. The minimum Gasteiger partial charge on any atom is -0.357 e. The molecule has 2 rings (SSSR count). The second-order valence-electron chi connectivity index (χ2n) is 7.62. The molecular formula is C18H36N4. The topological polar surface area (TPSA) is 30.9 Å². The van der Waals surface area contributed by atoms with Crippen molar-refractivity contribution in [3.05, 3.63) is 0 Å². The molecule has 0 aliphatic carbocycles. The van der Waals surface area contributed by atoms with Gasteiger partial charge in [0, 0.05) is 26.2 Å². The predicted molar refractivity (Wildman–Crippen MR) is 95.3 cm³/mol. The lowest BCUT2D eigenvalue weighted by Gasteiger charge is -2.37. The maximum Gasteiger partial charge on any atom is 0.193 e. The maximum atomic E-state index is 4.94. The first-order valence-corrected chi connectivity index (χ1v) is 9.30. The third kappa shape index (κ3) is 5.45. The van der Waals surface area contributed by atoms with Crippen LogP contribution in [-0.4, -0.2) is 62.1 Å². The minimum atomic E-state index is 0.779. The smallest absolute Gasteiger partial charge is 0.193 e. The third-order valence-corrected chi connectivity index (χ3v) is 5.14. The Hall–Kier alpha value is -0.770. The van der Waals surface area contributed by atoms with Crippen molar-refractivity contribution in [3.63, 3.8) is 0 Å². The molecule has 22 heavy (non-hydrogen) atoms. The molecule has 0 saturated carbocycles. The Kier molecular flexibility index (Phi) is 7.00. The lowest BCUT2D eigenvalue weighted by atomic mass is 9.92. The second kappa shape index (κ2) is 8.76. The van der Waals surface area contributed by atoms with E-state index in [2.05, 4.69) is 42.9 Å². The van der Waals surface area contributed by atoms with Crippen LogP contribution in [0.2, 0.25) is 0 Å². The molecule has 0 spiro atoms. The van der Waals surface area contributed by atoms with Gasteiger partial charge < -0.3 is 15.1 Å². The highest BCUT2D eigenvalue weighted by molar-refractivity contribution is 5.80. The van der Waals surface area contributed by atoms with E-state index < -0.39 is 0 Å². The third-order valence-electron chi connectivity index (χ3n) is 5.14. The molecule has 0 aromatic carbocycles. The van der Waals surface area contributed by atoms with Gasteiger partial charge in [0.1, 0.15) is 0 Å². The maximum absolute atomic E-state index is 4.94. The van der Waals surface area contributed by atoms with Gasteiger partial charge in [-0.15, -0.1) is 0 Å². The molecule has 2 atom stereocenters. The fourth-order valence-corrected chi connectivity index (χ4v) is 3.97. The summed E-state index contributed by atoms with van der Waals surface area (Å²) in [5.74, 6) is 3.58. The van der Waals surface area contributed by atoms with E-state index in [1.165, 1.54) is 38.8 Å². The van der Waals surface area contributed by atoms with Crippen LogP contribution in [0.5, 0.6) is 0 Å². The van der Waals surface area contributed by atoms with Gasteiger partial charge in [-0.3, -0.25) is 4.99 Å². The van der Waals surface area contributed by atoms with Crippen molar-refractivity contribution in [3.8, 4) is 0 Å². The highest BCUT2D eigenvalue weighted by atomic mass is 15.3. The van der Waals surface area contributed by atoms with Crippen LogP contribution in [0.1, 0.15) is 46.5 Å². The number of nitrogens with one attached hydrogen (secondary N) is 1. The first-order chi connectivity index (χ1) is 10.6. The van der Waals surface area contributed by atoms with Gasteiger partial charge in [0.15, 0.2) is 5.96 Å². The van der Waals surface area contributed by atoms with Gasteiger partial charge in [0.2, 0.25) is 0 Å². The van der Waals surface area contributed by atoms with Crippen molar-refractivity contribution in [1.29, 1.82) is 0 Å². The molecule has 2 aliphatic rings. The van der Waals surface area contributed by atoms with Gasteiger partial charge in [-0.1, -0.05) is 13.8 Å².